The van der Waals surface area contributed by atoms with Crippen LogP contribution >= 0.6 is 0 Å². The Morgan fingerprint density at radius 3 is 1.31 bits per heavy atom. The molecule has 0 rings (SSSR count). The topological polar surface area (TPSA) is 95.9 Å². The van der Waals surface area contributed by atoms with Crippen molar-refractivity contribution in [2.75, 3.05) is 6.61 Å². The number of carbonyl (C=O) groups excluding carboxylic acids is 2. The smallest absolute Gasteiger partial charge is 0.306 e. The Hall–Kier alpha value is -2.70. The molecule has 0 spiro atoms. The van der Waals surface area contributed by atoms with Gasteiger partial charge < -0.3 is 20.3 Å². The number of aliphatic hydroxyl groups is 2. The Morgan fingerprint density at radius 2 is 0.831 bits per heavy atom. The van der Waals surface area contributed by atoms with E-state index in [0.29, 0.717) is 19.3 Å². The number of hydrogen-bond acceptors (Lipinski definition) is 5. The molecule has 6 nitrogen and oxygen atoms in total. The third-order valence-electron chi connectivity index (χ3n) is 12.4. The number of esters is 1. The molecule has 65 heavy (non-hydrogen) atoms. The molecule has 0 aromatic carbocycles. The summed E-state index contributed by atoms with van der Waals surface area (Å²) >= 11 is 0. The summed E-state index contributed by atoms with van der Waals surface area (Å²) in [6.45, 7) is 6.40. The molecule has 3 unspecified atom stereocenters. The zero-order valence-electron chi connectivity index (χ0n) is 42.9. The number of unbranched alkanes of at least 4 members (excludes halogenated alkanes) is 29. The molecule has 1 amide bonds. The molecule has 6 heteroatoms. The molecule has 0 aliphatic heterocycles. The Morgan fingerprint density at radius 1 is 0.446 bits per heavy atom. The largest absolute Gasteiger partial charge is 0.462 e. The normalized spacial score (nSPS) is 13.7. The molecule has 0 heterocycles. The summed E-state index contributed by atoms with van der Waals surface area (Å²) in [5.41, 5.74) is 0. The number of allylic oxidation sites excluding steroid dienone is 12. The molecular formula is C59H105NO5. The van der Waals surface area contributed by atoms with Crippen molar-refractivity contribution in [3.05, 3.63) is 72.9 Å². The van der Waals surface area contributed by atoms with Crippen molar-refractivity contribution in [2.45, 2.75) is 283 Å². The highest BCUT2D eigenvalue weighted by molar-refractivity contribution is 5.77. The van der Waals surface area contributed by atoms with Crippen molar-refractivity contribution in [3.63, 3.8) is 0 Å². The van der Waals surface area contributed by atoms with Crippen LogP contribution in [0.1, 0.15) is 265 Å². The zero-order chi connectivity index (χ0) is 47.4. The van der Waals surface area contributed by atoms with Crippen molar-refractivity contribution in [1.82, 2.24) is 5.32 Å². The van der Waals surface area contributed by atoms with E-state index in [1.165, 1.54) is 122 Å². The summed E-state index contributed by atoms with van der Waals surface area (Å²) in [5, 5.41) is 23.8. The van der Waals surface area contributed by atoms with Crippen LogP contribution < -0.4 is 5.32 Å². The molecule has 0 bridgehead atoms. The van der Waals surface area contributed by atoms with E-state index < -0.39 is 18.2 Å². The highest BCUT2D eigenvalue weighted by Crippen LogP contribution is 2.18. The molecule has 0 saturated carbocycles. The Labute approximate surface area is 402 Å². The van der Waals surface area contributed by atoms with Crippen LogP contribution in [-0.2, 0) is 14.3 Å². The van der Waals surface area contributed by atoms with Gasteiger partial charge in [0.2, 0.25) is 5.91 Å². The lowest BCUT2D eigenvalue weighted by atomic mass is 10.0. The van der Waals surface area contributed by atoms with Crippen molar-refractivity contribution >= 4 is 11.9 Å². The van der Waals surface area contributed by atoms with Crippen molar-refractivity contribution < 1.29 is 24.5 Å². The Kier molecular flexibility index (Phi) is 50.1. The Balaban J connectivity index is 4.66. The monoisotopic (exact) mass is 908 g/mol. The third-order valence-corrected chi connectivity index (χ3v) is 12.4. The van der Waals surface area contributed by atoms with Crippen LogP contribution in [0.2, 0.25) is 0 Å². The lowest BCUT2D eigenvalue weighted by Crippen LogP contribution is -2.46. The second-order valence-corrected chi connectivity index (χ2v) is 18.8. The van der Waals surface area contributed by atoms with Crippen LogP contribution in [0.4, 0.5) is 0 Å². The second-order valence-electron chi connectivity index (χ2n) is 18.8. The third kappa shape index (κ3) is 47.6. The molecule has 0 aromatic rings. The summed E-state index contributed by atoms with van der Waals surface area (Å²) < 4.78 is 5.94. The SMILES string of the molecule is CCC/C=C/C=C/C=C/C=C/C=C/CCCCCCCC(=O)OC(CCCCC/C=C/CCCCCCCCCCC)CC(=O)NC(CO)C(O)CCCCCCCCCCCCCC. The van der Waals surface area contributed by atoms with E-state index in [9.17, 15) is 19.8 Å². The summed E-state index contributed by atoms with van der Waals surface area (Å²) in [7, 11) is 0. The van der Waals surface area contributed by atoms with Gasteiger partial charge in [-0.1, -0.05) is 254 Å². The average molecular weight is 908 g/mol. The predicted octanol–water partition coefficient (Wildman–Crippen LogP) is 17.0. The van der Waals surface area contributed by atoms with Crippen molar-refractivity contribution in [3.8, 4) is 0 Å². The van der Waals surface area contributed by atoms with Gasteiger partial charge in [-0.2, -0.15) is 0 Å². The van der Waals surface area contributed by atoms with Gasteiger partial charge in [-0.3, -0.25) is 9.59 Å². The molecule has 3 atom stereocenters. The minimum atomic E-state index is -0.799. The van der Waals surface area contributed by atoms with E-state index in [-0.39, 0.29) is 24.9 Å². The van der Waals surface area contributed by atoms with Crippen LogP contribution in [0, 0.1) is 0 Å². The maximum Gasteiger partial charge on any atom is 0.306 e. The van der Waals surface area contributed by atoms with Gasteiger partial charge in [0.05, 0.1) is 25.2 Å². The lowest BCUT2D eigenvalue weighted by Gasteiger charge is -2.24. The zero-order valence-corrected chi connectivity index (χ0v) is 42.9. The summed E-state index contributed by atoms with van der Waals surface area (Å²) in [4.78, 5) is 26.2. The molecule has 376 valence electrons. The number of nitrogens with one attached hydrogen (secondary N) is 1. The molecule has 0 fully saturated rings. The van der Waals surface area contributed by atoms with E-state index in [1.807, 2.05) is 24.3 Å². The van der Waals surface area contributed by atoms with Gasteiger partial charge in [0.15, 0.2) is 0 Å². The van der Waals surface area contributed by atoms with Gasteiger partial charge in [-0.15, -0.1) is 0 Å². The highest BCUT2D eigenvalue weighted by atomic mass is 16.5. The van der Waals surface area contributed by atoms with Crippen molar-refractivity contribution in [1.29, 1.82) is 0 Å². The first-order valence-corrected chi connectivity index (χ1v) is 27.7. The van der Waals surface area contributed by atoms with Gasteiger partial charge in [0.1, 0.15) is 6.10 Å². The first-order chi connectivity index (χ1) is 32.0. The minimum absolute atomic E-state index is 0.0545. The minimum Gasteiger partial charge on any atom is -0.462 e. The molecule has 0 saturated heterocycles. The van der Waals surface area contributed by atoms with Gasteiger partial charge in [-0.25, -0.2) is 0 Å². The summed E-state index contributed by atoms with van der Waals surface area (Å²) in [6.07, 6.45) is 66.7. The maximum absolute atomic E-state index is 13.2. The average Bonchev–Trinajstić information content (AvgIpc) is 3.30. The number of amides is 1. The lowest BCUT2D eigenvalue weighted by molar-refractivity contribution is -0.151. The molecule has 0 aliphatic carbocycles. The quantitative estimate of drug-likeness (QED) is 0.0245. The summed E-state index contributed by atoms with van der Waals surface area (Å²) in [6, 6.07) is -0.714. The number of ether oxygens (including phenoxy) is 1. The fraction of sp³-hybridized carbons (Fsp3) is 0.763. The molecule has 3 N–H and O–H groups in total. The van der Waals surface area contributed by atoms with Crippen LogP contribution in [-0.4, -0.2) is 46.9 Å². The van der Waals surface area contributed by atoms with E-state index >= 15 is 0 Å². The fourth-order valence-electron chi connectivity index (χ4n) is 8.16. The Bertz CT molecular complexity index is 1200. The number of rotatable bonds is 49. The van der Waals surface area contributed by atoms with E-state index in [1.54, 1.807) is 0 Å². The molecular weight excluding hydrogens is 803 g/mol. The second kappa shape index (κ2) is 52.3. The van der Waals surface area contributed by atoms with Crippen LogP contribution in [0.5, 0.6) is 0 Å². The van der Waals surface area contributed by atoms with E-state index in [2.05, 4.69) is 74.7 Å². The van der Waals surface area contributed by atoms with Crippen LogP contribution in [0.3, 0.4) is 0 Å². The fourth-order valence-corrected chi connectivity index (χ4v) is 8.16. The highest BCUT2D eigenvalue weighted by Gasteiger charge is 2.24. The first kappa shape index (κ1) is 62.3. The predicted molar refractivity (Wildman–Crippen MR) is 282 cm³/mol. The molecule has 0 aliphatic rings. The number of hydrogen-bond donors (Lipinski definition) is 3. The van der Waals surface area contributed by atoms with E-state index in [4.69, 9.17) is 4.74 Å². The van der Waals surface area contributed by atoms with Crippen LogP contribution in [0.25, 0.3) is 0 Å². The molecule has 0 radical (unpaired) electrons. The number of aliphatic hydroxyl groups excluding tert-OH is 2. The van der Waals surface area contributed by atoms with Crippen LogP contribution in [0.15, 0.2) is 72.9 Å². The van der Waals surface area contributed by atoms with Gasteiger partial charge in [-0.05, 0) is 70.6 Å². The first-order valence-electron chi connectivity index (χ1n) is 27.7. The standard InChI is InChI=1S/C59H105NO5/c1-4-7-10-13-16-19-22-25-27-29-30-32-34-37-40-43-46-49-52-59(64)65-55(50-47-44-41-38-35-33-31-28-26-23-20-17-14-11-8-5-2)53-58(63)60-56(54-61)57(62)51-48-45-42-39-36-24-21-18-15-12-9-6-3/h10,13,16,19,22,25,27,29-30,32-33,35,55-57,61-62H,4-9,11-12,14-15,17-18,20-21,23-24,26,28,31,34,36-54H2,1-3H3,(H,60,63)/b13-10+,19-16+,25-22+,29-27+,32-30+,35-33+. The number of carbonyl (C=O) groups is 2. The van der Waals surface area contributed by atoms with E-state index in [0.717, 1.165) is 96.3 Å². The summed E-state index contributed by atoms with van der Waals surface area (Å²) in [5.74, 6) is -0.515. The molecule has 0 aromatic heterocycles. The van der Waals surface area contributed by atoms with Gasteiger partial charge in [0.25, 0.3) is 0 Å². The van der Waals surface area contributed by atoms with Crippen molar-refractivity contribution in [2.24, 2.45) is 0 Å². The van der Waals surface area contributed by atoms with Gasteiger partial charge in [0, 0.05) is 6.42 Å². The van der Waals surface area contributed by atoms with Gasteiger partial charge >= 0.3 is 5.97 Å². The maximum atomic E-state index is 13.2.